The van der Waals surface area contributed by atoms with Crippen LogP contribution >= 0.6 is 0 Å². The Morgan fingerprint density at radius 3 is 2.61 bits per heavy atom. The zero-order valence-corrected chi connectivity index (χ0v) is 24.1. The molecule has 0 unspecified atom stereocenters. The molecule has 1 saturated carbocycles. The fourth-order valence-electron chi connectivity index (χ4n) is 5.08. The third-order valence-corrected chi connectivity index (χ3v) is 7.60. The van der Waals surface area contributed by atoms with Gasteiger partial charge in [-0.05, 0) is 37.1 Å². The number of nitrogens with zero attached hydrogens (tertiary/aromatic N) is 6. The van der Waals surface area contributed by atoms with E-state index in [0.29, 0.717) is 35.1 Å². The smallest absolute Gasteiger partial charge is 0.280 e. The predicted octanol–water partition coefficient (Wildman–Crippen LogP) is 4.19. The van der Waals surface area contributed by atoms with Gasteiger partial charge in [-0.1, -0.05) is 12.1 Å². The second kappa shape index (κ2) is 12.3. The van der Waals surface area contributed by atoms with Gasteiger partial charge in [0.25, 0.3) is 12.3 Å². The third-order valence-electron chi connectivity index (χ3n) is 7.60. The Balaban J connectivity index is 1.18. The Bertz CT molecular complexity index is 1690. The Morgan fingerprint density at radius 1 is 1.09 bits per heavy atom. The van der Waals surface area contributed by atoms with Crippen molar-refractivity contribution in [2.24, 2.45) is 5.92 Å². The maximum absolute atomic E-state index is 13.0. The Hall–Kier alpha value is -4.98. The first kappa shape index (κ1) is 29.1. The summed E-state index contributed by atoms with van der Waals surface area (Å²) >= 11 is 0. The zero-order chi connectivity index (χ0) is 30.8. The molecule has 1 aliphatic carbocycles. The highest BCUT2D eigenvalue weighted by molar-refractivity contribution is 6.00. The van der Waals surface area contributed by atoms with E-state index in [0.717, 1.165) is 31.5 Å². The van der Waals surface area contributed by atoms with E-state index in [-0.39, 0.29) is 35.1 Å². The van der Waals surface area contributed by atoms with Crippen molar-refractivity contribution in [3.63, 3.8) is 0 Å². The van der Waals surface area contributed by atoms with Crippen molar-refractivity contribution >= 4 is 29.0 Å². The third kappa shape index (κ3) is 6.20. The number of hydrogen-bond acceptors (Lipinski definition) is 9. The number of imidazole rings is 1. The van der Waals surface area contributed by atoms with E-state index >= 15 is 0 Å². The number of halogens is 2. The minimum atomic E-state index is -2.59. The number of benzene rings is 1. The van der Waals surface area contributed by atoms with Gasteiger partial charge >= 0.3 is 0 Å². The van der Waals surface area contributed by atoms with E-state index in [9.17, 15) is 18.4 Å². The summed E-state index contributed by atoms with van der Waals surface area (Å²) in [7, 11) is 3.05. The monoisotopic (exact) mass is 603 g/mol. The lowest BCUT2D eigenvalue weighted by Crippen LogP contribution is -2.46. The minimum absolute atomic E-state index is 0.0200. The van der Waals surface area contributed by atoms with Gasteiger partial charge in [0, 0.05) is 50.4 Å². The van der Waals surface area contributed by atoms with Crippen molar-refractivity contribution in [3.8, 4) is 17.0 Å². The van der Waals surface area contributed by atoms with Crippen LogP contribution < -0.4 is 20.7 Å². The molecule has 4 heterocycles. The number of anilines is 3. The largest absolute Gasteiger partial charge is 0.494 e. The second-order valence-electron chi connectivity index (χ2n) is 10.8. The number of aromatic nitrogens is 5. The van der Waals surface area contributed by atoms with Crippen molar-refractivity contribution in [2.75, 3.05) is 37.9 Å². The van der Waals surface area contributed by atoms with Crippen LogP contribution in [0, 0.1) is 5.92 Å². The molecule has 1 aliphatic heterocycles. The normalized spacial score (nSPS) is 15.1. The quantitative estimate of drug-likeness (QED) is 0.230. The number of pyridine rings is 1. The molecular weight excluding hydrogens is 572 g/mol. The Labute approximate surface area is 251 Å². The number of para-hydroxylation sites is 1. The fraction of sp³-hybridized carbons (Fsp3) is 0.333. The van der Waals surface area contributed by atoms with Gasteiger partial charge in [-0.15, -0.1) is 10.2 Å². The van der Waals surface area contributed by atoms with Crippen LogP contribution in [0.2, 0.25) is 0 Å². The number of rotatable bonds is 11. The Kier molecular flexibility index (Phi) is 8.15. The first-order chi connectivity index (χ1) is 21.3. The molecule has 3 N–H and O–H groups in total. The van der Waals surface area contributed by atoms with Gasteiger partial charge in [-0.25, -0.2) is 13.8 Å². The molecule has 2 aliphatic rings. The van der Waals surface area contributed by atoms with Gasteiger partial charge in [0.1, 0.15) is 5.69 Å². The second-order valence-corrected chi connectivity index (χ2v) is 10.8. The molecule has 228 valence electrons. The van der Waals surface area contributed by atoms with E-state index in [1.165, 1.54) is 13.1 Å². The number of nitrogens with one attached hydrogen (secondary N) is 3. The van der Waals surface area contributed by atoms with Crippen molar-refractivity contribution in [2.45, 2.75) is 31.9 Å². The van der Waals surface area contributed by atoms with Crippen LogP contribution in [0.1, 0.15) is 47.2 Å². The van der Waals surface area contributed by atoms with Crippen molar-refractivity contribution < 1.29 is 23.1 Å². The van der Waals surface area contributed by atoms with Gasteiger partial charge < -0.3 is 25.3 Å². The lowest BCUT2D eigenvalue weighted by Gasteiger charge is -2.39. The summed E-state index contributed by atoms with van der Waals surface area (Å²) in [6.07, 6.45) is 2.79. The number of methoxy groups -OCH3 is 1. The van der Waals surface area contributed by atoms with Crippen molar-refractivity contribution in [1.82, 2.24) is 34.9 Å². The van der Waals surface area contributed by atoms with Gasteiger partial charge in [0.2, 0.25) is 5.91 Å². The number of carbonyl (C=O) groups excluding carboxylic acids is 2. The van der Waals surface area contributed by atoms with Crippen molar-refractivity contribution in [3.05, 3.63) is 72.1 Å². The highest BCUT2D eigenvalue weighted by atomic mass is 19.3. The molecule has 4 aromatic rings. The highest BCUT2D eigenvalue weighted by Crippen LogP contribution is 2.38. The standard InChI is InChI=1S/C30H31F2N9O3/c1-33-30(43)26-23(11-25(38-39-26)37-29(42)17-9-10-17)36-21-7-4-6-20(27(21)44-2)24-15-41(16-34-24)19-13-40(14-19)12-18-5-3-8-22(35-18)28(31)32/h3-8,11,15-17,19,28H,9-10,12-14H2,1-2H3,(H,33,43)(H2,36,37,38,42). The van der Waals surface area contributed by atoms with E-state index < -0.39 is 12.3 Å². The van der Waals surface area contributed by atoms with Crippen LogP contribution in [0.3, 0.4) is 0 Å². The molecule has 12 nitrogen and oxygen atoms in total. The summed E-state index contributed by atoms with van der Waals surface area (Å²) in [5, 5.41) is 16.6. The molecule has 0 radical (unpaired) electrons. The van der Waals surface area contributed by atoms with Gasteiger partial charge in [-0.2, -0.15) is 0 Å². The molecule has 1 saturated heterocycles. The number of ether oxygens (including phenoxy) is 1. The molecule has 1 aromatic carbocycles. The molecule has 14 heteroatoms. The minimum Gasteiger partial charge on any atom is -0.494 e. The van der Waals surface area contributed by atoms with E-state index in [4.69, 9.17) is 4.74 Å². The average Bonchev–Trinajstić information content (AvgIpc) is 3.76. The first-order valence-corrected chi connectivity index (χ1v) is 14.2. The van der Waals surface area contributed by atoms with E-state index in [1.54, 1.807) is 37.7 Å². The lowest BCUT2D eigenvalue weighted by molar-refractivity contribution is -0.117. The van der Waals surface area contributed by atoms with Gasteiger partial charge in [-0.3, -0.25) is 19.5 Å². The molecule has 44 heavy (non-hydrogen) atoms. The van der Waals surface area contributed by atoms with Crippen LogP contribution in [0.15, 0.2) is 55.0 Å². The van der Waals surface area contributed by atoms with E-state index in [2.05, 4.69) is 41.0 Å². The summed E-state index contributed by atoms with van der Waals surface area (Å²) in [6, 6.07) is 12.0. The molecule has 0 bridgehead atoms. The topological polar surface area (TPSA) is 139 Å². The molecular formula is C30H31F2N9O3. The fourth-order valence-corrected chi connectivity index (χ4v) is 5.08. The van der Waals surface area contributed by atoms with Crippen LogP contribution in [0.5, 0.6) is 5.75 Å². The SMILES string of the molecule is CNC(=O)c1nnc(NC(=O)C2CC2)cc1Nc1cccc(-c2cn(C3CN(Cc4cccc(C(F)F)n4)C3)cn2)c1OC. The highest BCUT2D eigenvalue weighted by Gasteiger charge is 2.31. The Morgan fingerprint density at radius 2 is 1.89 bits per heavy atom. The average molecular weight is 604 g/mol. The maximum atomic E-state index is 13.0. The molecule has 6 rings (SSSR count). The molecule has 2 fully saturated rings. The number of likely N-dealkylation sites (tertiary alicyclic amines) is 1. The summed E-state index contributed by atoms with van der Waals surface area (Å²) in [6.45, 7) is 1.95. The first-order valence-electron chi connectivity index (χ1n) is 14.2. The summed E-state index contributed by atoms with van der Waals surface area (Å²) < 4.78 is 33.8. The molecule has 3 aromatic heterocycles. The summed E-state index contributed by atoms with van der Waals surface area (Å²) in [5.41, 5.74) is 2.77. The predicted molar refractivity (Wildman–Crippen MR) is 158 cm³/mol. The van der Waals surface area contributed by atoms with Crippen LogP contribution in [-0.4, -0.2) is 68.7 Å². The zero-order valence-electron chi connectivity index (χ0n) is 24.1. The lowest BCUT2D eigenvalue weighted by atomic mass is 10.1. The molecule has 0 atom stereocenters. The van der Waals surface area contributed by atoms with E-state index in [1.807, 2.05) is 22.9 Å². The van der Waals surface area contributed by atoms with Gasteiger partial charge in [0.05, 0.1) is 42.2 Å². The van der Waals surface area contributed by atoms with Crippen LogP contribution in [-0.2, 0) is 11.3 Å². The summed E-state index contributed by atoms with van der Waals surface area (Å²) in [4.78, 5) is 35.7. The van der Waals surface area contributed by atoms with Crippen LogP contribution in [0.25, 0.3) is 11.3 Å². The van der Waals surface area contributed by atoms with Gasteiger partial charge in [0.15, 0.2) is 17.3 Å². The van der Waals surface area contributed by atoms with Crippen molar-refractivity contribution in [1.29, 1.82) is 0 Å². The van der Waals surface area contributed by atoms with Crippen LogP contribution in [0.4, 0.5) is 26.0 Å². The number of hydrogen-bond donors (Lipinski definition) is 3. The number of amides is 2. The molecule has 2 amide bonds. The molecule has 0 spiro atoms. The number of carbonyl (C=O) groups is 2. The summed E-state index contributed by atoms with van der Waals surface area (Å²) in [5.74, 6) is 0.147. The number of alkyl halides is 2. The maximum Gasteiger partial charge on any atom is 0.280 e.